The zero-order valence-electron chi connectivity index (χ0n) is 19.0. The van der Waals surface area contributed by atoms with E-state index in [9.17, 15) is 22.8 Å². The lowest BCUT2D eigenvalue weighted by Gasteiger charge is -2.24. The van der Waals surface area contributed by atoms with E-state index in [4.69, 9.17) is 4.74 Å². The molecular formula is C27H25F3NO3+. The van der Waals surface area contributed by atoms with Crippen molar-refractivity contribution in [3.8, 4) is 5.75 Å². The lowest BCUT2D eigenvalue weighted by Crippen LogP contribution is -2.35. The van der Waals surface area contributed by atoms with Gasteiger partial charge >= 0.3 is 6.18 Å². The molecule has 0 bridgehead atoms. The van der Waals surface area contributed by atoms with Crippen LogP contribution in [0, 0.1) is 5.92 Å². The molecule has 2 aromatic carbocycles. The number of aryl methyl sites for hydroxylation is 1. The van der Waals surface area contributed by atoms with E-state index < -0.39 is 11.7 Å². The molecule has 1 aromatic heterocycles. The predicted octanol–water partition coefficient (Wildman–Crippen LogP) is 5.24. The highest BCUT2D eigenvalue weighted by atomic mass is 19.4. The molecule has 34 heavy (non-hydrogen) atoms. The first-order valence-electron chi connectivity index (χ1n) is 11.1. The Morgan fingerprint density at radius 3 is 2.65 bits per heavy atom. The van der Waals surface area contributed by atoms with Crippen molar-refractivity contribution in [2.24, 2.45) is 5.92 Å². The van der Waals surface area contributed by atoms with E-state index in [-0.39, 0.29) is 24.0 Å². The zero-order valence-corrected chi connectivity index (χ0v) is 19.0. The monoisotopic (exact) mass is 468 g/mol. The molecule has 176 valence electrons. The molecule has 0 N–H and O–H groups in total. The van der Waals surface area contributed by atoms with Crippen molar-refractivity contribution in [3.63, 3.8) is 0 Å². The van der Waals surface area contributed by atoms with Gasteiger partial charge in [-0.3, -0.25) is 9.59 Å². The minimum Gasteiger partial charge on any atom is -0.497 e. The Morgan fingerprint density at radius 1 is 1.15 bits per heavy atom. The van der Waals surface area contributed by atoms with Crippen LogP contribution >= 0.6 is 0 Å². The number of pyridine rings is 1. The second-order valence-corrected chi connectivity index (χ2v) is 8.64. The first kappa shape index (κ1) is 23.7. The van der Waals surface area contributed by atoms with Crippen molar-refractivity contribution in [3.05, 3.63) is 94.3 Å². The molecule has 1 unspecified atom stereocenters. The minimum absolute atomic E-state index is 0.0547. The summed E-state index contributed by atoms with van der Waals surface area (Å²) in [5.74, 6) is 0.386. The normalized spacial score (nSPS) is 15.7. The van der Waals surface area contributed by atoms with Crippen LogP contribution in [0.15, 0.2) is 60.9 Å². The van der Waals surface area contributed by atoms with E-state index in [0.717, 1.165) is 35.4 Å². The third-order valence-electron chi connectivity index (χ3n) is 6.28. The summed E-state index contributed by atoms with van der Waals surface area (Å²) in [4.78, 5) is 25.5. The highest BCUT2D eigenvalue weighted by Gasteiger charge is 2.31. The number of halogens is 3. The van der Waals surface area contributed by atoms with E-state index in [1.54, 1.807) is 48.3 Å². The molecule has 1 heterocycles. The van der Waals surface area contributed by atoms with Crippen molar-refractivity contribution in [2.45, 2.75) is 38.9 Å². The second-order valence-electron chi connectivity index (χ2n) is 8.64. The van der Waals surface area contributed by atoms with Gasteiger partial charge in [0.15, 0.2) is 30.5 Å². The van der Waals surface area contributed by atoms with Crippen LogP contribution in [0.5, 0.6) is 5.75 Å². The average molecular weight is 468 g/mol. The number of benzene rings is 2. The van der Waals surface area contributed by atoms with Gasteiger partial charge in [0.25, 0.3) is 0 Å². The van der Waals surface area contributed by atoms with Gasteiger partial charge in [0, 0.05) is 23.1 Å². The van der Waals surface area contributed by atoms with Crippen molar-refractivity contribution in [2.75, 3.05) is 7.11 Å². The van der Waals surface area contributed by atoms with E-state index in [0.29, 0.717) is 29.5 Å². The van der Waals surface area contributed by atoms with Crippen molar-refractivity contribution >= 4 is 11.6 Å². The zero-order chi connectivity index (χ0) is 24.5. The van der Waals surface area contributed by atoms with Gasteiger partial charge in [-0.1, -0.05) is 12.1 Å². The summed E-state index contributed by atoms with van der Waals surface area (Å²) >= 11 is 0. The molecule has 7 heteroatoms. The standard InChI is InChI=1S/C27H25F3NO3/c1-17(32)25-16-31(15-18-4-3-5-22(12-18)27(28,29)30)11-10-20(25)13-21-7-6-19-14-23(34-2)8-9-24(19)26(21)33/h3-5,8-12,14,16,21H,6-7,13,15H2,1-2H3/q+1. The van der Waals surface area contributed by atoms with E-state index in [1.807, 2.05) is 6.07 Å². The highest BCUT2D eigenvalue weighted by molar-refractivity contribution is 6.01. The van der Waals surface area contributed by atoms with Gasteiger partial charge in [-0.25, -0.2) is 4.57 Å². The number of methoxy groups -OCH3 is 1. The van der Waals surface area contributed by atoms with Crippen molar-refractivity contribution in [1.29, 1.82) is 0 Å². The van der Waals surface area contributed by atoms with Crippen LogP contribution in [-0.2, 0) is 25.6 Å². The van der Waals surface area contributed by atoms with Crippen LogP contribution in [0.1, 0.15) is 56.3 Å². The van der Waals surface area contributed by atoms with E-state index in [2.05, 4.69) is 0 Å². The van der Waals surface area contributed by atoms with Gasteiger partial charge < -0.3 is 4.74 Å². The smallest absolute Gasteiger partial charge is 0.416 e. The third-order valence-corrected chi connectivity index (χ3v) is 6.28. The summed E-state index contributed by atoms with van der Waals surface area (Å²) in [6, 6.07) is 12.4. The Bertz CT molecular complexity index is 1250. The van der Waals surface area contributed by atoms with E-state index in [1.165, 1.54) is 13.0 Å². The van der Waals surface area contributed by atoms with Crippen LogP contribution in [-0.4, -0.2) is 18.7 Å². The Balaban J connectivity index is 1.56. The van der Waals surface area contributed by atoms with Gasteiger partial charge in [0.2, 0.25) is 0 Å². The predicted molar refractivity (Wildman–Crippen MR) is 120 cm³/mol. The third kappa shape index (κ3) is 5.03. The molecule has 0 amide bonds. The molecule has 4 rings (SSSR count). The molecule has 0 saturated heterocycles. The molecule has 4 nitrogen and oxygen atoms in total. The molecule has 0 radical (unpaired) electrons. The maximum atomic E-state index is 13.1. The van der Waals surface area contributed by atoms with Gasteiger partial charge in [-0.15, -0.1) is 0 Å². The highest BCUT2D eigenvalue weighted by Crippen LogP contribution is 2.31. The molecule has 0 fully saturated rings. The average Bonchev–Trinajstić information content (AvgIpc) is 2.81. The Morgan fingerprint density at radius 2 is 1.94 bits per heavy atom. The maximum absolute atomic E-state index is 13.1. The molecular weight excluding hydrogens is 443 g/mol. The summed E-state index contributed by atoms with van der Waals surface area (Å²) in [7, 11) is 1.59. The molecule has 3 aromatic rings. The molecule has 0 saturated carbocycles. The van der Waals surface area contributed by atoms with Gasteiger partial charge in [-0.05, 0) is 67.6 Å². The van der Waals surface area contributed by atoms with Gasteiger partial charge in [0.05, 0.1) is 18.2 Å². The number of rotatable bonds is 6. The van der Waals surface area contributed by atoms with Crippen LogP contribution in [0.3, 0.4) is 0 Å². The quantitative estimate of drug-likeness (QED) is 0.367. The molecule has 1 aliphatic rings. The van der Waals surface area contributed by atoms with Crippen molar-refractivity contribution in [1.82, 2.24) is 0 Å². The summed E-state index contributed by atoms with van der Waals surface area (Å²) in [6.45, 7) is 1.65. The summed E-state index contributed by atoms with van der Waals surface area (Å²) < 4.78 is 46.0. The van der Waals surface area contributed by atoms with Crippen LogP contribution in [0.25, 0.3) is 0 Å². The van der Waals surface area contributed by atoms with Gasteiger partial charge in [0.1, 0.15) is 5.75 Å². The van der Waals surface area contributed by atoms with Gasteiger partial charge in [-0.2, -0.15) is 13.2 Å². The van der Waals surface area contributed by atoms with Crippen LogP contribution in [0.2, 0.25) is 0 Å². The fraction of sp³-hybridized carbons (Fsp3) is 0.296. The van der Waals surface area contributed by atoms with E-state index >= 15 is 0 Å². The lowest BCUT2D eigenvalue weighted by molar-refractivity contribution is -0.688. The first-order valence-corrected chi connectivity index (χ1v) is 11.1. The Hall–Kier alpha value is -3.48. The summed E-state index contributed by atoms with van der Waals surface area (Å²) in [5, 5.41) is 0. The number of hydrogen-bond acceptors (Lipinski definition) is 3. The fourth-order valence-corrected chi connectivity index (χ4v) is 4.50. The molecule has 1 aliphatic carbocycles. The Kier molecular flexibility index (Phi) is 6.55. The number of nitrogens with zero attached hydrogens (tertiary/aromatic N) is 1. The fourth-order valence-electron chi connectivity index (χ4n) is 4.50. The number of ketones is 2. The Labute approximate surface area is 196 Å². The van der Waals surface area contributed by atoms with Crippen LogP contribution in [0.4, 0.5) is 13.2 Å². The summed E-state index contributed by atoms with van der Waals surface area (Å²) in [6.07, 6.45) is 0.851. The maximum Gasteiger partial charge on any atom is 0.416 e. The number of alkyl halides is 3. The van der Waals surface area contributed by atoms with Crippen LogP contribution < -0.4 is 9.30 Å². The second kappa shape index (κ2) is 9.41. The summed E-state index contributed by atoms with van der Waals surface area (Å²) in [5.41, 5.74) is 2.68. The number of aromatic nitrogens is 1. The number of ether oxygens (including phenoxy) is 1. The largest absolute Gasteiger partial charge is 0.497 e. The number of hydrogen-bond donors (Lipinski definition) is 0. The number of carbonyl (C=O) groups excluding carboxylic acids is 2. The first-order chi connectivity index (χ1) is 16.2. The minimum atomic E-state index is -4.41. The topological polar surface area (TPSA) is 47.2 Å². The molecule has 0 spiro atoms. The lowest BCUT2D eigenvalue weighted by atomic mass is 9.79. The molecule has 1 atom stereocenters. The molecule has 0 aliphatic heterocycles. The number of Topliss-reactive ketones (excluding diaryl/α,β-unsaturated/α-hetero) is 2. The number of fused-ring (bicyclic) bond motifs is 1. The van der Waals surface area contributed by atoms with Crippen molar-refractivity contribution < 1.29 is 32.1 Å². The number of carbonyl (C=O) groups is 2. The SMILES string of the molecule is COc1ccc2c(c1)CCC(Cc1cc[n+](Cc3cccc(C(F)(F)F)c3)cc1C(C)=O)C2=O.